The standard InChI is InChI=1S/C14H15NO2/c1-8-4-3-5-11-12(8)9(2)13(17-11)14(16)15-10-6-7-10/h3-5,10H,6-7H2,1-2H3,(H,15,16). The number of benzene rings is 1. The van der Waals surface area contributed by atoms with Crippen molar-refractivity contribution in [2.75, 3.05) is 0 Å². The van der Waals surface area contributed by atoms with Crippen LogP contribution in [0.1, 0.15) is 34.5 Å². The van der Waals surface area contributed by atoms with Crippen LogP contribution in [0.25, 0.3) is 11.0 Å². The van der Waals surface area contributed by atoms with Crippen LogP contribution >= 0.6 is 0 Å². The molecule has 1 aliphatic carbocycles. The number of aryl methyl sites for hydroxylation is 2. The van der Waals surface area contributed by atoms with Gasteiger partial charge in [0.05, 0.1) is 0 Å². The van der Waals surface area contributed by atoms with Gasteiger partial charge in [-0.1, -0.05) is 12.1 Å². The summed E-state index contributed by atoms with van der Waals surface area (Å²) in [6.45, 7) is 3.98. The summed E-state index contributed by atoms with van der Waals surface area (Å²) in [6, 6.07) is 6.25. The van der Waals surface area contributed by atoms with E-state index in [9.17, 15) is 4.79 Å². The van der Waals surface area contributed by atoms with Crippen LogP contribution in [0.2, 0.25) is 0 Å². The van der Waals surface area contributed by atoms with Gasteiger partial charge in [-0.2, -0.15) is 0 Å². The van der Waals surface area contributed by atoms with Crippen LogP contribution in [0.3, 0.4) is 0 Å². The van der Waals surface area contributed by atoms with E-state index in [2.05, 4.69) is 5.32 Å². The summed E-state index contributed by atoms with van der Waals surface area (Å²) in [6.07, 6.45) is 2.17. The average Bonchev–Trinajstić information content (AvgIpc) is 3.02. The van der Waals surface area contributed by atoms with Crippen molar-refractivity contribution in [2.24, 2.45) is 0 Å². The maximum atomic E-state index is 12.0. The molecule has 0 bridgehead atoms. The van der Waals surface area contributed by atoms with Gasteiger partial charge < -0.3 is 9.73 Å². The Morgan fingerprint density at radius 1 is 1.35 bits per heavy atom. The first-order valence-corrected chi connectivity index (χ1v) is 5.96. The van der Waals surface area contributed by atoms with Gasteiger partial charge in [-0.05, 0) is 38.3 Å². The van der Waals surface area contributed by atoms with Crippen molar-refractivity contribution in [1.82, 2.24) is 5.32 Å². The van der Waals surface area contributed by atoms with Crippen molar-refractivity contribution >= 4 is 16.9 Å². The van der Waals surface area contributed by atoms with Gasteiger partial charge in [0.1, 0.15) is 5.58 Å². The molecule has 1 heterocycles. The minimum atomic E-state index is -0.0828. The first-order chi connectivity index (χ1) is 8.16. The summed E-state index contributed by atoms with van der Waals surface area (Å²) in [5, 5.41) is 4.02. The zero-order chi connectivity index (χ0) is 12.0. The molecule has 88 valence electrons. The van der Waals surface area contributed by atoms with Crippen molar-refractivity contribution < 1.29 is 9.21 Å². The monoisotopic (exact) mass is 229 g/mol. The Morgan fingerprint density at radius 3 is 2.76 bits per heavy atom. The van der Waals surface area contributed by atoms with E-state index in [4.69, 9.17) is 4.42 Å². The zero-order valence-corrected chi connectivity index (χ0v) is 10.0. The van der Waals surface area contributed by atoms with Gasteiger partial charge in [-0.25, -0.2) is 0 Å². The predicted molar refractivity (Wildman–Crippen MR) is 66.2 cm³/mol. The van der Waals surface area contributed by atoms with Gasteiger partial charge in [0, 0.05) is 17.0 Å². The predicted octanol–water partition coefficient (Wildman–Crippen LogP) is 2.94. The lowest BCUT2D eigenvalue weighted by Gasteiger charge is -2.00. The summed E-state index contributed by atoms with van der Waals surface area (Å²) >= 11 is 0. The maximum absolute atomic E-state index is 12.0. The lowest BCUT2D eigenvalue weighted by molar-refractivity contribution is 0.0924. The summed E-state index contributed by atoms with van der Waals surface area (Å²) in [5.41, 5.74) is 2.88. The third-order valence-electron chi connectivity index (χ3n) is 3.28. The summed E-state index contributed by atoms with van der Waals surface area (Å²) < 4.78 is 5.66. The number of hydrogen-bond acceptors (Lipinski definition) is 2. The van der Waals surface area contributed by atoms with Crippen LogP contribution in [-0.4, -0.2) is 11.9 Å². The van der Waals surface area contributed by atoms with Crippen LogP contribution in [0, 0.1) is 13.8 Å². The van der Waals surface area contributed by atoms with Crippen molar-refractivity contribution in [2.45, 2.75) is 32.7 Å². The van der Waals surface area contributed by atoms with Crippen LogP contribution in [0.15, 0.2) is 22.6 Å². The molecule has 1 amide bonds. The topological polar surface area (TPSA) is 42.2 Å². The normalized spacial score (nSPS) is 15.2. The van der Waals surface area contributed by atoms with E-state index < -0.39 is 0 Å². The molecule has 0 saturated heterocycles. The molecule has 1 N–H and O–H groups in total. The third-order valence-corrected chi connectivity index (χ3v) is 3.28. The Hall–Kier alpha value is -1.77. The number of carbonyl (C=O) groups is 1. The highest BCUT2D eigenvalue weighted by Gasteiger charge is 2.26. The van der Waals surface area contributed by atoms with Gasteiger partial charge in [-0.3, -0.25) is 4.79 Å². The van der Waals surface area contributed by atoms with E-state index in [-0.39, 0.29) is 5.91 Å². The molecular formula is C14H15NO2. The average molecular weight is 229 g/mol. The van der Waals surface area contributed by atoms with E-state index in [1.807, 2.05) is 32.0 Å². The van der Waals surface area contributed by atoms with Gasteiger partial charge >= 0.3 is 0 Å². The highest BCUT2D eigenvalue weighted by molar-refractivity contribution is 6.00. The Balaban J connectivity index is 2.07. The van der Waals surface area contributed by atoms with E-state index in [0.29, 0.717) is 11.8 Å². The molecule has 0 spiro atoms. The van der Waals surface area contributed by atoms with Crippen molar-refractivity contribution in [3.63, 3.8) is 0 Å². The van der Waals surface area contributed by atoms with Crippen LogP contribution in [0.4, 0.5) is 0 Å². The minimum absolute atomic E-state index is 0.0828. The van der Waals surface area contributed by atoms with E-state index >= 15 is 0 Å². The molecule has 1 aromatic heterocycles. The Labute approximate surface area is 99.8 Å². The summed E-state index contributed by atoms with van der Waals surface area (Å²) in [4.78, 5) is 12.0. The first kappa shape index (κ1) is 10.4. The molecule has 0 radical (unpaired) electrons. The molecule has 1 saturated carbocycles. The molecule has 2 aromatic rings. The largest absolute Gasteiger partial charge is 0.451 e. The van der Waals surface area contributed by atoms with E-state index in [1.54, 1.807) is 0 Å². The third kappa shape index (κ3) is 1.71. The summed E-state index contributed by atoms with van der Waals surface area (Å²) in [5.74, 6) is 0.377. The fraction of sp³-hybridized carbons (Fsp3) is 0.357. The highest BCUT2D eigenvalue weighted by Crippen LogP contribution is 2.28. The number of fused-ring (bicyclic) bond motifs is 1. The van der Waals surface area contributed by atoms with E-state index in [0.717, 1.165) is 34.9 Å². The lowest BCUT2D eigenvalue weighted by Crippen LogP contribution is -2.25. The minimum Gasteiger partial charge on any atom is -0.451 e. The second-order valence-electron chi connectivity index (χ2n) is 4.75. The zero-order valence-electron chi connectivity index (χ0n) is 10.0. The van der Waals surface area contributed by atoms with Gasteiger partial charge in [0.15, 0.2) is 5.76 Å². The Bertz CT molecular complexity index is 594. The van der Waals surface area contributed by atoms with Gasteiger partial charge in [0.25, 0.3) is 5.91 Å². The molecule has 3 rings (SSSR count). The molecule has 1 aromatic carbocycles. The fourth-order valence-electron chi connectivity index (χ4n) is 2.20. The number of amides is 1. The maximum Gasteiger partial charge on any atom is 0.287 e. The number of hydrogen-bond donors (Lipinski definition) is 1. The molecule has 0 unspecified atom stereocenters. The highest BCUT2D eigenvalue weighted by atomic mass is 16.3. The van der Waals surface area contributed by atoms with Crippen LogP contribution < -0.4 is 5.32 Å². The molecular weight excluding hydrogens is 214 g/mol. The molecule has 0 atom stereocenters. The lowest BCUT2D eigenvalue weighted by atomic mass is 10.1. The molecule has 1 aliphatic rings. The number of carbonyl (C=O) groups excluding carboxylic acids is 1. The van der Waals surface area contributed by atoms with E-state index in [1.165, 1.54) is 0 Å². The van der Waals surface area contributed by atoms with Gasteiger partial charge in [0.2, 0.25) is 0 Å². The fourth-order valence-corrected chi connectivity index (χ4v) is 2.20. The Kier molecular flexibility index (Phi) is 2.21. The molecule has 1 fully saturated rings. The van der Waals surface area contributed by atoms with Crippen LogP contribution in [0.5, 0.6) is 0 Å². The second-order valence-corrected chi connectivity index (χ2v) is 4.75. The number of rotatable bonds is 2. The molecule has 0 aliphatic heterocycles. The van der Waals surface area contributed by atoms with Crippen molar-refractivity contribution in [1.29, 1.82) is 0 Å². The molecule has 3 heteroatoms. The summed E-state index contributed by atoms with van der Waals surface area (Å²) in [7, 11) is 0. The quantitative estimate of drug-likeness (QED) is 0.860. The number of furan rings is 1. The van der Waals surface area contributed by atoms with Crippen molar-refractivity contribution in [3.05, 3.63) is 35.1 Å². The molecule has 3 nitrogen and oxygen atoms in total. The number of nitrogens with one attached hydrogen (secondary N) is 1. The SMILES string of the molecule is Cc1cccc2oc(C(=O)NC3CC3)c(C)c12. The smallest absolute Gasteiger partial charge is 0.287 e. The Morgan fingerprint density at radius 2 is 2.12 bits per heavy atom. The molecule has 17 heavy (non-hydrogen) atoms. The van der Waals surface area contributed by atoms with Crippen molar-refractivity contribution in [3.8, 4) is 0 Å². The first-order valence-electron chi connectivity index (χ1n) is 5.96. The van der Waals surface area contributed by atoms with Gasteiger partial charge in [-0.15, -0.1) is 0 Å². The second kappa shape index (κ2) is 3.62. The van der Waals surface area contributed by atoms with Crippen LogP contribution in [-0.2, 0) is 0 Å².